The van der Waals surface area contributed by atoms with E-state index in [0.29, 0.717) is 21.5 Å². The van der Waals surface area contributed by atoms with Gasteiger partial charge in [-0.05, 0) is 45.8 Å². The number of halogens is 2. The lowest BCUT2D eigenvalue weighted by Gasteiger charge is -2.10. The molecule has 110 valence electrons. The van der Waals surface area contributed by atoms with Crippen molar-refractivity contribution in [3.05, 3.63) is 57.8 Å². The van der Waals surface area contributed by atoms with E-state index in [1.54, 1.807) is 37.4 Å². The zero-order chi connectivity index (χ0) is 15.4. The lowest BCUT2D eigenvalue weighted by Crippen LogP contribution is -2.06. The first kappa shape index (κ1) is 15.5. The van der Waals surface area contributed by atoms with Gasteiger partial charge in [-0.1, -0.05) is 6.07 Å². The summed E-state index contributed by atoms with van der Waals surface area (Å²) >= 11 is 3.11. The van der Waals surface area contributed by atoms with E-state index in [9.17, 15) is 9.18 Å². The first-order valence-corrected chi connectivity index (χ1v) is 7.03. The SMILES string of the molecule is COc1ccc(C(=O)Cc2ccc(F)c(Br)c2)c(OC)c1. The summed E-state index contributed by atoms with van der Waals surface area (Å²) in [6.07, 6.45) is 0.168. The third kappa shape index (κ3) is 3.61. The first-order valence-electron chi connectivity index (χ1n) is 6.24. The van der Waals surface area contributed by atoms with Crippen LogP contribution in [-0.2, 0) is 6.42 Å². The van der Waals surface area contributed by atoms with E-state index in [1.165, 1.54) is 13.2 Å². The molecule has 0 unspecified atom stereocenters. The van der Waals surface area contributed by atoms with Crippen LogP contribution in [0.3, 0.4) is 0 Å². The molecule has 21 heavy (non-hydrogen) atoms. The van der Waals surface area contributed by atoms with Crippen LogP contribution in [0.4, 0.5) is 4.39 Å². The maximum absolute atomic E-state index is 13.2. The summed E-state index contributed by atoms with van der Waals surface area (Å²) in [5, 5.41) is 0. The van der Waals surface area contributed by atoms with E-state index in [2.05, 4.69) is 15.9 Å². The van der Waals surface area contributed by atoms with Crippen LogP contribution >= 0.6 is 15.9 Å². The zero-order valence-corrected chi connectivity index (χ0v) is 13.2. The third-order valence-electron chi connectivity index (χ3n) is 3.06. The quantitative estimate of drug-likeness (QED) is 0.762. The molecule has 0 heterocycles. The Kier molecular flexibility index (Phi) is 4.96. The topological polar surface area (TPSA) is 35.5 Å². The highest BCUT2D eigenvalue weighted by molar-refractivity contribution is 9.10. The van der Waals surface area contributed by atoms with Gasteiger partial charge in [-0.2, -0.15) is 0 Å². The van der Waals surface area contributed by atoms with Crippen LogP contribution in [0, 0.1) is 5.82 Å². The molecule has 2 aromatic carbocycles. The van der Waals surface area contributed by atoms with Gasteiger partial charge < -0.3 is 9.47 Å². The van der Waals surface area contributed by atoms with E-state index >= 15 is 0 Å². The van der Waals surface area contributed by atoms with Gasteiger partial charge in [-0.25, -0.2) is 4.39 Å². The number of methoxy groups -OCH3 is 2. The normalized spacial score (nSPS) is 10.3. The predicted octanol–water partition coefficient (Wildman–Crippen LogP) is 4.03. The van der Waals surface area contributed by atoms with E-state index in [-0.39, 0.29) is 18.0 Å². The molecular formula is C16H14BrFO3. The highest BCUT2D eigenvalue weighted by atomic mass is 79.9. The van der Waals surface area contributed by atoms with Gasteiger partial charge >= 0.3 is 0 Å². The van der Waals surface area contributed by atoms with Gasteiger partial charge in [0.25, 0.3) is 0 Å². The highest BCUT2D eigenvalue weighted by Gasteiger charge is 2.14. The average Bonchev–Trinajstić information content (AvgIpc) is 2.50. The van der Waals surface area contributed by atoms with Crippen molar-refractivity contribution in [2.45, 2.75) is 6.42 Å². The lowest BCUT2D eigenvalue weighted by molar-refractivity contribution is 0.0990. The number of hydrogen-bond acceptors (Lipinski definition) is 3. The lowest BCUT2D eigenvalue weighted by atomic mass is 10.0. The zero-order valence-electron chi connectivity index (χ0n) is 11.7. The second-order valence-corrected chi connectivity index (χ2v) is 5.27. The fraction of sp³-hybridized carbons (Fsp3) is 0.188. The molecule has 0 aliphatic heterocycles. The molecule has 0 aliphatic rings. The number of Topliss-reactive ketones (excluding diaryl/α,β-unsaturated/α-hetero) is 1. The van der Waals surface area contributed by atoms with Crippen molar-refractivity contribution < 1.29 is 18.7 Å². The van der Waals surface area contributed by atoms with Crippen molar-refractivity contribution in [3.63, 3.8) is 0 Å². The summed E-state index contributed by atoms with van der Waals surface area (Å²) in [6.45, 7) is 0. The van der Waals surface area contributed by atoms with Gasteiger partial charge in [0.15, 0.2) is 5.78 Å². The predicted molar refractivity (Wildman–Crippen MR) is 81.7 cm³/mol. The Balaban J connectivity index is 2.25. The molecule has 2 rings (SSSR count). The maximum Gasteiger partial charge on any atom is 0.170 e. The second-order valence-electron chi connectivity index (χ2n) is 4.41. The van der Waals surface area contributed by atoms with Crippen molar-refractivity contribution in [2.75, 3.05) is 14.2 Å². The molecule has 5 heteroatoms. The van der Waals surface area contributed by atoms with Gasteiger partial charge in [-0.15, -0.1) is 0 Å². The number of carbonyl (C=O) groups is 1. The molecule has 0 fully saturated rings. The number of hydrogen-bond donors (Lipinski definition) is 0. The standard InChI is InChI=1S/C16H14BrFO3/c1-20-11-4-5-12(16(9-11)21-2)15(19)8-10-3-6-14(18)13(17)7-10/h3-7,9H,8H2,1-2H3. The fourth-order valence-corrected chi connectivity index (χ4v) is 2.39. The van der Waals surface area contributed by atoms with Gasteiger partial charge in [0.2, 0.25) is 0 Å². The summed E-state index contributed by atoms with van der Waals surface area (Å²) in [7, 11) is 3.05. The molecule has 0 aliphatic carbocycles. The Hall–Kier alpha value is -1.88. The third-order valence-corrected chi connectivity index (χ3v) is 3.67. The van der Waals surface area contributed by atoms with Crippen LogP contribution in [0.5, 0.6) is 11.5 Å². The molecule has 0 saturated heterocycles. The Morgan fingerprint density at radius 1 is 1.14 bits per heavy atom. The summed E-state index contributed by atoms with van der Waals surface area (Å²) in [5.74, 6) is 0.620. The van der Waals surface area contributed by atoms with Crippen molar-refractivity contribution in [1.29, 1.82) is 0 Å². The van der Waals surface area contributed by atoms with Crippen LogP contribution in [0.15, 0.2) is 40.9 Å². The Bertz CT molecular complexity index is 671. The van der Waals surface area contributed by atoms with Crippen LogP contribution in [0.25, 0.3) is 0 Å². The molecule has 0 spiro atoms. The highest BCUT2D eigenvalue weighted by Crippen LogP contribution is 2.26. The first-order chi connectivity index (χ1) is 10.0. The number of rotatable bonds is 5. The van der Waals surface area contributed by atoms with E-state index in [4.69, 9.17) is 9.47 Å². The molecule has 0 bridgehead atoms. The molecule has 0 radical (unpaired) electrons. The number of benzene rings is 2. The summed E-state index contributed by atoms with van der Waals surface area (Å²) < 4.78 is 23.9. The Morgan fingerprint density at radius 3 is 2.52 bits per heavy atom. The molecule has 0 atom stereocenters. The Labute approximate surface area is 130 Å². The van der Waals surface area contributed by atoms with E-state index in [1.807, 2.05) is 0 Å². The average molecular weight is 353 g/mol. The minimum absolute atomic E-state index is 0.104. The second kappa shape index (κ2) is 6.72. The molecule has 0 aromatic heterocycles. The smallest absolute Gasteiger partial charge is 0.170 e. The minimum Gasteiger partial charge on any atom is -0.497 e. The summed E-state index contributed by atoms with van der Waals surface area (Å²) in [5.41, 5.74) is 1.20. The van der Waals surface area contributed by atoms with Crippen molar-refractivity contribution in [2.24, 2.45) is 0 Å². The minimum atomic E-state index is -0.353. The summed E-state index contributed by atoms with van der Waals surface area (Å²) in [4.78, 5) is 12.4. The number of carbonyl (C=O) groups excluding carboxylic acids is 1. The van der Waals surface area contributed by atoms with Gasteiger partial charge in [0, 0.05) is 12.5 Å². The molecule has 3 nitrogen and oxygen atoms in total. The van der Waals surface area contributed by atoms with Gasteiger partial charge in [0.05, 0.1) is 24.3 Å². The van der Waals surface area contributed by atoms with Crippen LogP contribution in [0.1, 0.15) is 15.9 Å². The fourth-order valence-electron chi connectivity index (χ4n) is 1.96. The van der Waals surface area contributed by atoms with Crippen molar-refractivity contribution in [1.82, 2.24) is 0 Å². The van der Waals surface area contributed by atoms with Gasteiger partial charge in [0.1, 0.15) is 17.3 Å². The molecular weight excluding hydrogens is 339 g/mol. The molecule has 0 saturated carbocycles. The number of ether oxygens (including phenoxy) is 2. The molecule has 0 amide bonds. The molecule has 0 N–H and O–H groups in total. The maximum atomic E-state index is 13.2. The summed E-state index contributed by atoms with van der Waals surface area (Å²) in [6, 6.07) is 9.55. The largest absolute Gasteiger partial charge is 0.497 e. The van der Waals surface area contributed by atoms with Crippen LogP contribution in [0.2, 0.25) is 0 Å². The van der Waals surface area contributed by atoms with Crippen LogP contribution in [-0.4, -0.2) is 20.0 Å². The van der Waals surface area contributed by atoms with E-state index < -0.39 is 0 Å². The van der Waals surface area contributed by atoms with E-state index in [0.717, 1.165) is 5.56 Å². The Morgan fingerprint density at radius 2 is 1.90 bits per heavy atom. The number of ketones is 1. The van der Waals surface area contributed by atoms with Crippen LogP contribution < -0.4 is 9.47 Å². The van der Waals surface area contributed by atoms with Gasteiger partial charge in [-0.3, -0.25) is 4.79 Å². The van der Waals surface area contributed by atoms with Crippen molar-refractivity contribution >= 4 is 21.7 Å². The van der Waals surface area contributed by atoms with Crippen molar-refractivity contribution in [3.8, 4) is 11.5 Å². The monoisotopic (exact) mass is 352 g/mol. The molecule has 2 aromatic rings.